The minimum absolute atomic E-state index is 0.181. The van der Waals surface area contributed by atoms with E-state index in [1.807, 2.05) is 26.0 Å². The van der Waals surface area contributed by atoms with Crippen LogP contribution in [-0.4, -0.2) is 10.8 Å². The molecule has 0 bridgehead atoms. The van der Waals surface area contributed by atoms with E-state index in [4.69, 9.17) is 11.6 Å². The molecule has 1 aliphatic rings. The summed E-state index contributed by atoms with van der Waals surface area (Å²) >= 11 is 7.95. The van der Waals surface area contributed by atoms with Gasteiger partial charge in [-0.1, -0.05) is 11.6 Å². The minimum Gasteiger partial charge on any atom is -0.294 e. The summed E-state index contributed by atoms with van der Waals surface area (Å²) in [6.45, 7) is 4.02. The van der Waals surface area contributed by atoms with Crippen molar-refractivity contribution in [3.8, 4) is 0 Å². The number of thiophene rings is 1. The lowest BCUT2D eigenvalue weighted by molar-refractivity contribution is 0.0963. The van der Waals surface area contributed by atoms with Crippen LogP contribution in [0.1, 0.15) is 43.7 Å². The Balaban J connectivity index is 2.02. The summed E-state index contributed by atoms with van der Waals surface area (Å²) in [6, 6.07) is 3.88. The molecule has 2 aromatic heterocycles. The van der Waals surface area contributed by atoms with Gasteiger partial charge in [0.05, 0.1) is 10.7 Å². The van der Waals surface area contributed by atoms with Crippen LogP contribution in [0, 0.1) is 13.8 Å². The van der Waals surface area contributed by atoms with Gasteiger partial charge in [-0.05, 0) is 38.0 Å². The monoisotopic (exact) mass is 291 g/mol. The molecule has 1 aliphatic carbocycles. The largest absolute Gasteiger partial charge is 0.294 e. The van der Waals surface area contributed by atoms with E-state index in [9.17, 15) is 4.79 Å². The fourth-order valence-electron chi connectivity index (χ4n) is 2.75. The highest BCUT2D eigenvalue weighted by atomic mass is 35.5. The molecule has 1 atom stereocenters. The van der Waals surface area contributed by atoms with E-state index in [2.05, 4.69) is 4.98 Å². The maximum Gasteiger partial charge on any atom is 0.165 e. The predicted molar refractivity (Wildman–Crippen MR) is 78.4 cm³/mol. The number of carbonyl (C=O) groups excluding carboxylic acids is 1. The van der Waals surface area contributed by atoms with E-state index < -0.39 is 0 Å². The molecular weight excluding hydrogens is 278 g/mol. The number of Topliss-reactive ketones (excluding diaryl/α,β-unsaturated/α-hetero) is 1. The molecule has 1 unspecified atom stereocenters. The second kappa shape index (κ2) is 4.73. The van der Waals surface area contributed by atoms with Crippen molar-refractivity contribution < 1.29 is 4.79 Å². The van der Waals surface area contributed by atoms with Crippen molar-refractivity contribution in [2.45, 2.75) is 32.6 Å². The molecule has 0 aromatic carbocycles. The first-order valence-corrected chi connectivity index (χ1v) is 7.49. The second-order valence-electron chi connectivity index (χ2n) is 5.05. The quantitative estimate of drug-likeness (QED) is 0.783. The number of fused-ring (bicyclic) bond motifs is 1. The Morgan fingerprint density at radius 2 is 2.16 bits per heavy atom. The summed E-state index contributed by atoms with van der Waals surface area (Å²) < 4.78 is 0. The topological polar surface area (TPSA) is 30.0 Å². The summed E-state index contributed by atoms with van der Waals surface area (Å²) in [4.78, 5) is 19.0. The third-order valence-corrected chi connectivity index (χ3v) is 5.23. The Morgan fingerprint density at radius 3 is 2.84 bits per heavy atom. The molecule has 0 fully saturated rings. The average Bonchev–Trinajstić information content (AvgIpc) is 2.68. The van der Waals surface area contributed by atoms with E-state index in [1.54, 1.807) is 17.5 Å². The summed E-state index contributed by atoms with van der Waals surface area (Å²) in [7, 11) is 0. The second-order valence-corrected chi connectivity index (χ2v) is 6.74. The van der Waals surface area contributed by atoms with Crippen LogP contribution in [0.15, 0.2) is 18.3 Å². The molecule has 3 rings (SSSR count). The highest BCUT2D eigenvalue weighted by Crippen LogP contribution is 2.40. The molecule has 98 valence electrons. The summed E-state index contributed by atoms with van der Waals surface area (Å²) in [5, 5.41) is 0.788. The fourth-order valence-corrected chi connectivity index (χ4v) is 4.26. The molecule has 0 spiro atoms. The summed E-state index contributed by atoms with van der Waals surface area (Å²) in [5.41, 5.74) is 2.77. The SMILES string of the molecule is Cc1cc(Cl)c(C2CC(=O)c3c(C)ccnc3C2)s1. The van der Waals surface area contributed by atoms with Crippen LogP contribution in [0.25, 0.3) is 0 Å². The van der Waals surface area contributed by atoms with Crippen molar-refractivity contribution in [3.05, 3.63) is 49.9 Å². The number of aryl methyl sites for hydroxylation is 2. The van der Waals surface area contributed by atoms with Crippen molar-refractivity contribution in [3.63, 3.8) is 0 Å². The zero-order chi connectivity index (χ0) is 13.6. The van der Waals surface area contributed by atoms with Gasteiger partial charge in [-0.25, -0.2) is 0 Å². The lowest BCUT2D eigenvalue weighted by Gasteiger charge is -2.23. The molecule has 19 heavy (non-hydrogen) atoms. The van der Waals surface area contributed by atoms with E-state index in [-0.39, 0.29) is 11.7 Å². The van der Waals surface area contributed by atoms with Gasteiger partial charge in [0.15, 0.2) is 5.78 Å². The molecule has 0 saturated carbocycles. The summed E-state index contributed by atoms with van der Waals surface area (Å²) in [6.07, 6.45) is 3.13. The van der Waals surface area contributed by atoms with Gasteiger partial charge < -0.3 is 0 Å². The van der Waals surface area contributed by atoms with Gasteiger partial charge in [0, 0.05) is 33.9 Å². The third kappa shape index (κ3) is 2.21. The predicted octanol–water partition coefficient (Wildman–Crippen LogP) is 4.33. The van der Waals surface area contributed by atoms with Crippen LogP contribution in [0.5, 0.6) is 0 Å². The van der Waals surface area contributed by atoms with Crippen LogP contribution in [-0.2, 0) is 6.42 Å². The van der Waals surface area contributed by atoms with Crippen LogP contribution in [0.4, 0.5) is 0 Å². The first-order valence-electron chi connectivity index (χ1n) is 6.29. The highest BCUT2D eigenvalue weighted by Gasteiger charge is 2.30. The first-order chi connectivity index (χ1) is 9.06. The zero-order valence-corrected chi connectivity index (χ0v) is 12.4. The molecule has 0 N–H and O–H groups in total. The lowest BCUT2D eigenvalue weighted by atomic mass is 9.83. The number of hydrogen-bond acceptors (Lipinski definition) is 3. The molecular formula is C15H14ClNOS. The number of hydrogen-bond donors (Lipinski definition) is 0. The van der Waals surface area contributed by atoms with Gasteiger partial charge in [-0.15, -0.1) is 11.3 Å². The van der Waals surface area contributed by atoms with Gasteiger partial charge in [0.25, 0.3) is 0 Å². The standard InChI is InChI=1S/C15H14ClNOS/c1-8-3-4-17-12-6-10(7-13(18)14(8)12)15-11(16)5-9(2)19-15/h3-5,10H,6-7H2,1-2H3. The number of pyridine rings is 1. The Labute approximate surface area is 121 Å². The van der Waals surface area contributed by atoms with E-state index in [0.29, 0.717) is 6.42 Å². The van der Waals surface area contributed by atoms with Gasteiger partial charge in [-0.3, -0.25) is 9.78 Å². The number of rotatable bonds is 1. The maximum atomic E-state index is 12.3. The number of carbonyl (C=O) groups is 1. The normalized spacial score (nSPS) is 18.5. The maximum absolute atomic E-state index is 12.3. The number of aromatic nitrogens is 1. The number of nitrogens with zero attached hydrogens (tertiary/aromatic N) is 1. The van der Waals surface area contributed by atoms with Crippen molar-refractivity contribution in [2.75, 3.05) is 0 Å². The molecule has 0 radical (unpaired) electrons. The molecule has 2 aromatic rings. The summed E-state index contributed by atoms with van der Waals surface area (Å²) in [5.74, 6) is 0.375. The zero-order valence-electron chi connectivity index (χ0n) is 10.9. The van der Waals surface area contributed by atoms with Crippen molar-refractivity contribution >= 4 is 28.7 Å². The Bertz CT molecular complexity index is 662. The van der Waals surface area contributed by atoms with E-state index in [0.717, 1.165) is 33.1 Å². The van der Waals surface area contributed by atoms with Crippen LogP contribution >= 0.6 is 22.9 Å². The minimum atomic E-state index is 0.181. The Kier molecular flexibility index (Phi) is 3.19. The smallest absolute Gasteiger partial charge is 0.165 e. The molecule has 2 heterocycles. The Hall–Kier alpha value is -1.19. The first kappa shape index (κ1) is 12.8. The molecule has 0 aliphatic heterocycles. The van der Waals surface area contributed by atoms with Gasteiger partial charge in [0.2, 0.25) is 0 Å². The number of halogens is 1. The van der Waals surface area contributed by atoms with Gasteiger partial charge >= 0.3 is 0 Å². The fraction of sp³-hybridized carbons (Fsp3) is 0.333. The third-order valence-electron chi connectivity index (χ3n) is 3.60. The van der Waals surface area contributed by atoms with Gasteiger partial charge in [0.1, 0.15) is 0 Å². The number of ketones is 1. The lowest BCUT2D eigenvalue weighted by Crippen LogP contribution is -2.20. The molecule has 2 nitrogen and oxygen atoms in total. The average molecular weight is 292 g/mol. The van der Waals surface area contributed by atoms with E-state index in [1.165, 1.54) is 4.88 Å². The Morgan fingerprint density at radius 1 is 1.37 bits per heavy atom. The van der Waals surface area contributed by atoms with Crippen LogP contribution in [0.3, 0.4) is 0 Å². The van der Waals surface area contributed by atoms with Gasteiger partial charge in [-0.2, -0.15) is 0 Å². The van der Waals surface area contributed by atoms with Crippen molar-refractivity contribution in [1.29, 1.82) is 0 Å². The highest BCUT2D eigenvalue weighted by molar-refractivity contribution is 7.12. The molecule has 0 amide bonds. The van der Waals surface area contributed by atoms with E-state index >= 15 is 0 Å². The van der Waals surface area contributed by atoms with Crippen molar-refractivity contribution in [1.82, 2.24) is 4.98 Å². The van der Waals surface area contributed by atoms with Crippen molar-refractivity contribution in [2.24, 2.45) is 0 Å². The van der Waals surface area contributed by atoms with Crippen LogP contribution < -0.4 is 0 Å². The van der Waals surface area contributed by atoms with Crippen LogP contribution in [0.2, 0.25) is 5.02 Å². The molecule has 4 heteroatoms. The molecule has 0 saturated heterocycles.